The van der Waals surface area contributed by atoms with E-state index in [0.29, 0.717) is 0 Å². The molecule has 21 heavy (non-hydrogen) atoms. The molecule has 2 heterocycles. The van der Waals surface area contributed by atoms with Gasteiger partial charge in [0.1, 0.15) is 0 Å². The van der Waals surface area contributed by atoms with Crippen LogP contribution in [0.5, 0.6) is 0 Å². The lowest BCUT2D eigenvalue weighted by atomic mass is 10.2. The molecule has 0 radical (unpaired) electrons. The Morgan fingerprint density at radius 2 is 1.86 bits per heavy atom. The SMILES string of the molecule is Ic1ccc(-c2csc(N/N=C\c3ccncc3)n2)cc1. The fourth-order valence-corrected chi connectivity index (χ4v) is 2.72. The van der Waals surface area contributed by atoms with Crippen LogP contribution >= 0.6 is 33.9 Å². The van der Waals surface area contributed by atoms with Gasteiger partial charge in [0, 0.05) is 26.9 Å². The third-order valence-corrected chi connectivity index (χ3v) is 4.19. The Hall–Kier alpha value is -1.80. The summed E-state index contributed by atoms with van der Waals surface area (Å²) in [5.74, 6) is 0. The van der Waals surface area contributed by atoms with Crippen LogP contribution in [0.15, 0.2) is 59.3 Å². The van der Waals surface area contributed by atoms with Gasteiger partial charge in [0.25, 0.3) is 0 Å². The minimum atomic E-state index is 0.772. The van der Waals surface area contributed by atoms with Crippen LogP contribution in [-0.2, 0) is 0 Å². The minimum Gasteiger partial charge on any atom is -0.265 e. The number of pyridine rings is 1. The lowest BCUT2D eigenvalue weighted by Gasteiger charge is -1.96. The summed E-state index contributed by atoms with van der Waals surface area (Å²) in [6, 6.07) is 12.1. The summed E-state index contributed by atoms with van der Waals surface area (Å²) < 4.78 is 1.21. The van der Waals surface area contributed by atoms with Crippen molar-refractivity contribution in [3.8, 4) is 11.3 Å². The van der Waals surface area contributed by atoms with Crippen molar-refractivity contribution in [1.82, 2.24) is 9.97 Å². The topological polar surface area (TPSA) is 50.2 Å². The van der Waals surface area contributed by atoms with Gasteiger partial charge >= 0.3 is 0 Å². The van der Waals surface area contributed by atoms with E-state index in [-0.39, 0.29) is 0 Å². The predicted molar refractivity (Wildman–Crippen MR) is 95.7 cm³/mol. The van der Waals surface area contributed by atoms with Crippen molar-refractivity contribution in [2.75, 3.05) is 5.43 Å². The molecule has 0 spiro atoms. The molecule has 0 unspecified atom stereocenters. The fraction of sp³-hybridized carbons (Fsp3) is 0. The number of thiazole rings is 1. The molecule has 0 atom stereocenters. The van der Waals surface area contributed by atoms with Gasteiger partial charge in [-0.2, -0.15) is 5.10 Å². The molecule has 104 valence electrons. The molecule has 1 aromatic carbocycles. The van der Waals surface area contributed by atoms with E-state index >= 15 is 0 Å². The van der Waals surface area contributed by atoms with Gasteiger partial charge in [0.05, 0.1) is 11.9 Å². The molecule has 1 N–H and O–H groups in total. The summed E-state index contributed by atoms with van der Waals surface area (Å²) >= 11 is 3.82. The Bertz CT molecular complexity index is 738. The van der Waals surface area contributed by atoms with E-state index in [4.69, 9.17) is 0 Å². The van der Waals surface area contributed by atoms with E-state index in [1.807, 2.05) is 17.5 Å². The Labute approximate surface area is 140 Å². The number of nitrogens with one attached hydrogen (secondary N) is 1. The molecule has 2 aromatic heterocycles. The zero-order valence-corrected chi connectivity index (χ0v) is 13.9. The van der Waals surface area contributed by atoms with E-state index in [2.05, 4.69) is 67.4 Å². The van der Waals surface area contributed by atoms with Crippen molar-refractivity contribution in [3.63, 3.8) is 0 Å². The summed E-state index contributed by atoms with van der Waals surface area (Å²) in [5, 5.41) is 6.97. The highest BCUT2D eigenvalue weighted by atomic mass is 127. The summed E-state index contributed by atoms with van der Waals surface area (Å²) in [5.41, 5.74) is 6.01. The predicted octanol–water partition coefficient (Wildman–Crippen LogP) is 4.26. The second kappa shape index (κ2) is 6.77. The summed E-state index contributed by atoms with van der Waals surface area (Å²) in [6.07, 6.45) is 5.22. The molecule has 3 aromatic rings. The number of nitrogens with zero attached hydrogens (tertiary/aromatic N) is 3. The Kier molecular flexibility index (Phi) is 4.56. The van der Waals surface area contributed by atoms with Crippen LogP contribution in [-0.4, -0.2) is 16.2 Å². The van der Waals surface area contributed by atoms with Crippen molar-refractivity contribution in [1.29, 1.82) is 0 Å². The second-order valence-corrected chi connectivity index (χ2v) is 6.30. The second-order valence-electron chi connectivity index (χ2n) is 4.20. The average molecular weight is 406 g/mol. The van der Waals surface area contributed by atoms with E-state index in [1.54, 1.807) is 18.6 Å². The van der Waals surface area contributed by atoms with Crippen molar-refractivity contribution >= 4 is 45.3 Å². The minimum absolute atomic E-state index is 0.772. The number of hydrazone groups is 1. The van der Waals surface area contributed by atoms with Crippen LogP contribution in [0.4, 0.5) is 5.13 Å². The van der Waals surface area contributed by atoms with Gasteiger partial charge in [-0.25, -0.2) is 4.98 Å². The van der Waals surface area contributed by atoms with Crippen LogP contribution in [0, 0.1) is 3.57 Å². The zero-order chi connectivity index (χ0) is 14.5. The van der Waals surface area contributed by atoms with Gasteiger partial charge in [-0.3, -0.25) is 10.4 Å². The quantitative estimate of drug-likeness (QED) is 0.400. The van der Waals surface area contributed by atoms with E-state index < -0.39 is 0 Å². The summed E-state index contributed by atoms with van der Waals surface area (Å²) in [7, 11) is 0. The highest BCUT2D eigenvalue weighted by molar-refractivity contribution is 14.1. The summed E-state index contributed by atoms with van der Waals surface area (Å²) in [4.78, 5) is 8.48. The largest absolute Gasteiger partial charge is 0.265 e. The molecule has 0 amide bonds. The number of benzene rings is 1. The number of aromatic nitrogens is 2. The Morgan fingerprint density at radius 1 is 1.10 bits per heavy atom. The number of halogens is 1. The van der Waals surface area contributed by atoms with Crippen molar-refractivity contribution in [3.05, 3.63) is 63.3 Å². The maximum atomic E-state index is 4.52. The molecule has 0 aliphatic rings. The highest BCUT2D eigenvalue weighted by Crippen LogP contribution is 2.25. The Balaban J connectivity index is 1.68. The first-order chi connectivity index (χ1) is 10.3. The number of hydrogen-bond acceptors (Lipinski definition) is 5. The number of hydrogen-bond donors (Lipinski definition) is 1. The average Bonchev–Trinajstić information content (AvgIpc) is 2.98. The summed E-state index contributed by atoms with van der Waals surface area (Å²) in [6.45, 7) is 0. The van der Waals surface area contributed by atoms with Crippen LogP contribution in [0.3, 0.4) is 0 Å². The lowest BCUT2D eigenvalue weighted by molar-refractivity contribution is 1.28. The Morgan fingerprint density at radius 3 is 2.62 bits per heavy atom. The molecular weight excluding hydrogens is 395 g/mol. The fourth-order valence-electron chi connectivity index (χ4n) is 1.69. The van der Waals surface area contributed by atoms with Gasteiger partial charge in [-0.1, -0.05) is 12.1 Å². The van der Waals surface area contributed by atoms with Gasteiger partial charge < -0.3 is 0 Å². The van der Waals surface area contributed by atoms with Crippen molar-refractivity contribution < 1.29 is 0 Å². The zero-order valence-electron chi connectivity index (χ0n) is 10.9. The van der Waals surface area contributed by atoms with Crippen LogP contribution < -0.4 is 5.43 Å². The van der Waals surface area contributed by atoms with E-state index in [0.717, 1.165) is 22.0 Å². The molecule has 3 rings (SSSR count). The molecule has 0 aliphatic carbocycles. The van der Waals surface area contributed by atoms with Gasteiger partial charge in [-0.05, 0) is 52.4 Å². The third-order valence-electron chi connectivity index (χ3n) is 2.72. The number of rotatable bonds is 4. The molecule has 0 aliphatic heterocycles. The van der Waals surface area contributed by atoms with Crippen LogP contribution in [0.1, 0.15) is 5.56 Å². The smallest absolute Gasteiger partial charge is 0.203 e. The van der Waals surface area contributed by atoms with E-state index in [1.165, 1.54) is 14.9 Å². The van der Waals surface area contributed by atoms with Crippen molar-refractivity contribution in [2.45, 2.75) is 0 Å². The lowest BCUT2D eigenvalue weighted by Crippen LogP contribution is -1.90. The highest BCUT2D eigenvalue weighted by Gasteiger charge is 2.03. The molecule has 0 fully saturated rings. The molecule has 4 nitrogen and oxygen atoms in total. The van der Waals surface area contributed by atoms with Gasteiger partial charge in [0.2, 0.25) is 5.13 Å². The molecule has 0 saturated heterocycles. The third kappa shape index (κ3) is 3.85. The van der Waals surface area contributed by atoms with Crippen LogP contribution in [0.25, 0.3) is 11.3 Å². The monoisotopic (exact) mass is 406 g/mol. The van der Waals surface area contributed by atoms with Gasteiger partial charge in [-0.15, -0.1) is 11.3 Å². The first kappa shape index (κ1) is 14.2. The molecule has 0 bridgehead atoms. The molecule has 0 saturated carbocycles. The normalized spacial score (nSPS) is 10.9. The van der Waals surface area contributed by atoms with Crippen molar-refractivity contribution in [2.24, 2.45) is 5.10 Å². The first-order valence-corrected chi connectivity index (χ1v) is 8.18. The maximum Gasteiger partial charge on any atom is 0.203 e. The molecular formula is C15H11IN4S. The number of anilines is 1. The van der Waals surface area contributed by atoms with Gasteiger partial charge in [0.15, 0.2) is 0 Å². The first-order valence-electron chi connectivity index (χ1n) is 6.22. The maximum absolute atomic E-state index is 4.52. The molecule has 6 heteroatoms. The van der Waals surface area contributed by atoms with Crippen LogP contribution in [0.2, 0.25) is 0 Å². The standard InChI is InChI=1S/C15H11IN4S/c16-13-3-1-12(2-4-13)14-10-21-15(19-14)20-18-9-11-5-7-17-8-6-11/h1-10H,(H,19,20)/b18-9-. The van der Waals surface area contributed by atoms with E-state index in [9.17, 15) is 0 Å².